The Hall–Kier alpha value is -3.79. The van der Waals surface area contributed by atoms with Crippen molar-refractivity contribution in [2.75, 3.05) is 0 Å². The summed E-state index contributed by atoms with van der Waals surface area (Å²) in [5.41, 5.74) is 2.26. The van der Waals surface area contributed by atoms with E-state index in [0.29, 0.717) is 42.4 Å². The third kappa shape index (κ3) is 4.61. The molecule has 0 radical (unpaired) electrons. The maximum absolute atomic E-state index is 13.6. The summed E-state index contributed by atoms with van der Waals surface area (Å²) in [4.78, 5) is 13.3. The second kappa shape index (κ2) is 9.10. The maximum Gasteiger partial charge on any atom is 0.416 e. The summed E-state index contributed by atoms with van der Waals surface area (Å²) in [7, 11) is 0. The average molecular weight is 480 g/mol. The van der Waals surface area contributed by atoms with Crippen molar-refractivity contribution in [3.8, 4) is 5.69 Å². The van der Waals surface area contributed by atoms with Crippen molar-refractivity contribution in [2.24, 2.45) is 0 Å². The van der Waals surface area contributed by atoms with E-state index in [4.69, 9.17) is 0 Å². The molecule has 0 unspecified atom stereocenters. The molecule has 3 aromatic heterocycles. The Balaban J connectivity index is 1.43. The highest BCUT2D eigenvalue weighted by Gasteiger charge is 2.37. The van der Waals surface area contributed by atoms with Crippen LogP contribution >= 0.6 is 0 Å². The number of aliphatic hydroxyl groups excluding tert-OH is 1. The van der Waals surface area contributed by atoms with Crippen LogP contribution < -0.4 is 0 Å². The molecule has 0 aliphatic carbocycles. The second-order valence-corrected chi connectivity index (χ2v) is 8.45. The molecule has 7 nitrogen and oxygen atoms in total. The van der Waals surface area contributed by atoms with Gasteiger partial charge < -0.3 is 9.67 Å². The highest BCUT2D eigenvalue weighted by molar-refractivity contribution is 5.65. The number of aryl methyl sites for hydroxylation is 2. The number of halogens is 3. The number of hydrogen-bond donors (Lipinski definition) is 1. The van der Waals surface area contributed by atoms with Gasteiger partial charge in [-0.05, 0) is 55.7 Å². The molecule has 0 amide bonds. The van der Waals surface area contributed by atoms with Crippen LogP contribution in [0.5, 0.6) is 0 Å². The monoisotopic (exact) mass is 480 g/mol. The summed E-state index contributed by atoms with van der Waals surface area (Å²) in [5.74, 6) is 0.453. The van der Waals surface area contributed by atoms with Gasteiger partial charge in [0.15, 0.2) is 5.82 Å². The van der Waals surface area contributed by atoms with E-state index in [1.165, 1.54) is 12.1 Å². The zero-order valence-electron chi connectivity index (χ0n) is 18.9. The van der Waals surface area contributed by atoms with Gasteiger partial charge >= 0.3 is 6.18 Å². The third-order valence-electron chi connectivity index (χ3n) is 6.05. The van der Waals surface area contributed by atoms with E-state index in [1.807, 2.05) is 19.2 Å². The fourth-order valence-electron chi connectivity index (χ4n) is 4.46. The Morgan fingerprint density at radius 2 is 1.94 bits per heavy atom. The Labute approximate surface area is 199 Å². The first-order chi connectivity index (χ1) is 16.8. The van der Waals surface area contributed by atoms with Crippen molar-refractivity contribution in [2.45, 2.75) is 45.0 Å². The fourth-order valence-corrected chi connectivity index (χ4v) is 4.46. The number of alkyl halides is 3. The molecule has 1 aliphatic rings. The van der Waals surface area contributed by atoms with Gasteiger partial charge in [0.1, 0.15) is 5.82 Å². The predicted molar refractivity (Wildman–Crippen MR) is 123 cm³/mol. The van der Waals surface area contributed by atoms with Crippen LogP contribution in [0.15, 0.2) is 48.9 Å². The maximum atomic E-state index is 13.6. The summed E-state index contributed by atoms with van der Waals surface area (Å²) in [5, 5.41) is 14.3. The van der Waals surface area contributed by atoms with Gasteiger partial charge in [-0.2, -0.15) is 18.3 Å². The standard InChI is InChI=1S/C25H23F3N6O/c1-16-13-33(15-29-16)22-10-8-17(30-21(22)14-35)9-11-23-31-24-19(6-4-12-34(24)32-23)18-5-2-3-7-20(18)25(26,27)28/h2-3,5,7-11,13,15,19,35H,4,6,12,14H2,1H3/t19-/m1/s1. The average Bonchev–Trinajstić information content (AvgIpc) is 3.47. The van der Waals surface area contributed by atoms with Gasteiger partial charge in [-0.3, -0.25) is 0 Å². The molecule has 1 atom stereocenters. The molecule has 1 aromatic carbocycles. The number of imidazole rings is 1. The molecule has 0 saturated heterocycles. The van der Waals surface area contributed by atoms with E-state index in [9.17, 15) is 18.3 Å². The van der Waals surface area contributed by atoms with Crippen LogP contribution in [0, 0.1) is 6.92 Å². The molecule has 35 heavy (non-hydrogen) atoms. The first-order valence-corrected chi connectivity index (χ1v) is 11.2. The van der Waals surface area contributed by atoms with Gasteiger partial charge in [0.25, 0.3) is 0 Å². The molecule has 0 saturated carbocycles. The van der Waals surface area contributed by atoms with Gasteiger partial charge in [-0.1, -0.05) is 18.2 Å². The van der Waals surface area contributed by atoms with Gasteiger partial charge in [-0.25, -0.2) is 19.6 Å². The van der Waals surface area contributed by atoms with E-state index in [0.717, 1.165) is 17.4 Å². The number of pyridine rings is 1. The predicted octanol–water partition coefficient (Wildman–Crippen LogP) is 4.77. The number of rotatable bonds is 5. The van der Waals surface area contributed by atoms with Crippen LogP contribution in [0.3, 0.4) is 0 Å². The lowest BCUT2D eigenvalue weighted by atomic mass is 9.88. The van der Waals surface area contributed by atoms with Crippen LogP contribution in [-0.2, 0) is 19.3 Å². The number of benzene rings is 1. The Morgan fingerprint density at radius 1 is 1.11 bits per heavy atom. The zero-order chi connectivity index (χ0) is 24.6. The molecule has 4 heterocycles. The number of aromatic nitrogens is 6. The van der Waals surface area contributed by atoms with E-state index < -0.39 is 17.7 Å². The SMILES string of the molecule is Cc1cn(-c2ccc(C=Cc3nc4n(n3)CCC[C@@H]4c3ccccc3C(F)(F)F)nc2CO)cn1. The van der Waals surface area contributed by atoms with Gasteiger partial charge in [0, 0.05) is 18.7 Å². The Morgan fingerprint density at radius 3 is 2.69 bits per heavy atom. The first kappa shape index (κ1) is 23.0. The van der Waals surface area contributed by atoms with Crippen molar-refractivity contribution in [3.05, 3.63) is 88.8 Å². The van der Waals surface area contributed by atoms with E-state index in [-0.39, 0.29) is 12.2 Å². The molecule has 0 fully saturated rings. The lowest BCUT2D eigenvalue weighted by Crippen LogP contribution is -2.21. The van der Waals surface area contributed by atoms with Crippen molar-refractivity contribution in [1.82, 2.24) is 29.3 Å². The molecule has 1 aliphatic heterocycles. The molecular formula is C25H23F3N6O. The Bertz CT molecular complexity index is 1390. The summed E-state index contributed by atoms with van der Waals surface area (Å²) >= 11 is 0. The van der Waals surface area contributed by atoms with E-state index in [1.54, 1.807) is 39.9 Å². The van der Waals surface area contributed by atoms with Crippen molar-refractivity contribution in [3.63, 3.8) is 0 Å². The number of fused-ring (bicyclic) bond motifs is 1. The second-order valence-electron chi connectivity index (χ2n) is 8.45. The first-order valence-electron chi connectivity index (χ1n) is 11.2. The quantitative estimate of drug-likeness (QED) is 0.445. The van der Waals surface area contributed by atoms with Crippen LogP contribution in [-0.4, -0.2) is 34.4 Å². The van der Waals surface area contributed by atoms with Crippen LogP contribution in [0.2, 0.25) is 0 Å². The van der Waals surface area contributed by atoms with Crippen molar-refractivity contribution < 1.29 is 18.3 Å². The molecule has 5 rings (SSSR count). The summed E-state index contributed by atoms with van der Waals surface area (Å²) in [6.07, 6.45) is 3.77. The zero-order valence-corrected chi connectivity index (χ0v) is 18.9. The van der Waals surface area contributed by atoms with E-state index in [2.05, 4.69) is 20.1 Å². The summed E-state index contributed by atoms with van der Waals surface area (Å²) in [6, 6.07) is 9.32. The van der Waals surface area contributed by atoms with Crippen molar-refractivity contribution in [1.29, 1.82) is 0 Å². The molecular weight excluding hydrogens is 457 g/mol. The minimum absolute atomic E-state index is 0.225. The topological polar surface area (TPSA) is 81.7 Å². The Kier molecular flexibility index (Phi) is 5.98. The van der Waals surface area contributed by atoms with Gasteiger partial charge in [0.2, 0.25) is 0 Å². The molecule has 4 aromatic rings. The van der Waals surface area contributed by atoms with Crippen LogP contribution in [0.4, 0.5) is 13.2 Å². The summed E-state index contributed by atoms with van der Waals surface area (Å²) in [6.45, 7) is 2.24. The number of aliphatic hydroxyl groups is 1. The smallest absolute Gasteiger partial charge is 0.390 e. The molecule has 0 bridgehead atoms. The van der Waals surface area contributed by atoms with Crippen LogP contribution in [0.1, 0.15) is 58.6 Å². The largest absolute Gasteiger partial charge is 0.416 e. The normalized spacial score (nSPS) is 16.1. The minimum Gasteiger partial charge on any atom is -0.390 e. The van der Waals surface area contributed by atoms with Gasteiger partial charge in [-0.15, -0.1) is 0 Å². The minimum atomic E-state index is -4.43. The molecule has 10 heteroatoms. The fraction of sp³-hybridized carbons (Fsp3) is 0.280. The lowest BCUT2D eigenvalue weighted by Gasteiger charge is -2.25. The molecule has 1 N–H and O–H groups in total. The van der Waals surface area contributed by atoms with Crippen molar-refractivity contribution >= 4 is 12.2 Å². The lowest BCUT2D eigenvalue weighted by molar-refractivity contribution is -0.138. The third-order valence-corrected chi connectivity index (χ3v) is 6.05. The highest BCUT2D eigenvalue weighted by Crippen LogP contribution is 2.40. The number of hydrogen-bond acceptors (Lipinski definition) is 5. The van der Waals surface area contributed by atoms with Gasteiger partial charge in [0.05, 0.1) is 41.3 Å². The molecule has 0 spiro atoms. The number of nitrogens with zero attached hydrogens (tertiary/aromatic N) is 6. The summed E-state index contributed by atoms with van der Waals surface area (Å²) < 4.78 is 44.3. The van der Waals surface area contributed by atoms with Crippen LogP contribution in [0.25, 0.3) is 17.8 Å². The van der Waals surface area contributed by atoms with E-state index >= 15 is 0 Å². The molecule has 180 valence electrons. The highest BCUT2D eigenvalue weighted by atomic mass is 19.4.